The molecule has 0 saturated carbocycles. The number of benzene rings is 5. The first-order valence-corrected chi connectivity index (χ1v) is 17.9. The number of nitrogens with zero attached hydrogens (tertiary/aromatic N) is 5. The molecular weight excluding hydrogens is 661 g/mol. The van der Waals surface area contributed by atoms with Gasteiger partial charge < -0.3 is 9.15 Å². The van der Waals surface area contributed by atoms with E-state index in [9.17, 15) is 4.79 Å². The fourth-order valence-corrected chi connectivity index (χ4v) is 7.80. The van der Waals surface area contributed by atoms with Gasteiger partial charge in [-0.25, -0.2) is 14.5 Å². The fraction of sp³-hybridized carbons (Fsp3) is 0.136. The van der Waals surface area contributed by atoms with Crippen molar-refractivity contribution in [3.63, 3.8) is 0 Å². The van der Waals surface area contributed by atoms with E-state index in [1.807, 2.05) is 71.7 Å². The fourth-order valence-electron chi connectivity index (χ4n) is 7.80. The molecule has 2 atom stereocenters. The molecule has 1 saturated heterocycles. The number of hydrogen-bond donors (Lipinski definition) is 1. The SMILES string of the molecule is O=C(Nc1ccoc1)[N+]1(C2CCCCO2)N=C(c2ccccc2)c2cc(-c3ncn(C(c4ccccc4)(c4ccccc4)c4ccccc4)n3)ccc21. The van der Waals surface area contributed by atoms with Crippen molar-refractivity contribution in [1.82, 2.24) is 19.4 Å². The molecule has 1 fully saturated rings. The van der Waals surface area contributed by atoms with E-state index in [-0.39, 0.29) is 10.6 Å². The number of rotatable bonds is 8. The molecule has 0 radical (unpaired) electrons. The molecule has 260 valence electrons. The summed E-state index contributed by atoms with van der Waals surface area (Å²) in [6, 6.07) is 48.7. The lowest BCUT2D eigenvalue weighted by Gasteiger charge is -2.35. The molecule has 2 aliphatic heterocycles. The molecule has 0 aliphatic carbocycles. The van der Waals surface area contributed by atoms with Crippen molar-refractivity contribution >= 4 is 23.1 Å². The second-order valence-electron chi connectivity index (χ2n) is 13.3. The first kappa shape index (κ1) is 32.5. The van der Waals surface area contributed by atoms with Crippen LogP contribution in [0.25, 0.3) is 11.4 Å². The number of urea groups is 1. The van der Waals surface area contributed by atoms with Gasteiger partial charge in [-0.2, -0.15) is 0 Å². The highest BCUT2D eigenvalue weighted by atomic mass is 16.5. The minimum Gasteiger partial charge on any atom is -0.470 e. The summed E-state index contributed by atoms with van der Waals surface area (Å²) in [6.07, 6.45) is 6.90. The molecule has 0 bridgehead atoms. The lowest BCUT2D eigenvalue weighted by molar-refractivity contribution is -0.0581. The Morgan fingerprint density at radius 3 is 1.98 bits per heavy atom. The number of carbonyl (C=O) groups excluding carboxylic acids is 1. The molecule has 9 nitrogen and oxygen atoms in total. The summed E-state index contributed by atoms with van der Waals surface area (Å²) in [5.74, 6) is 0.550. The summed E-state index contributed by atoms with van der Waals surface area (Å²) in [5, 5.41) is 13.6. The van der Waals surface area contributed by atoms with E-state index in [0.717, 1.165) is 51.9 Å². The van der Waals surface area contributed by atoms with E-state index in [4.69, 9.17) is 24.3 Å². The van der Waals surface area contributed by atoms with Gasteiger partial charge in [-0.15, -0.1) is 5.10 Å². The molecule has 2 aliphatic rings. The Balaban J connectivity index is 1.22. The maximum atomic E-state index is 14.6. The third-order valence-electron chi connectivity index (χ3n) is 10.2. The van der Waals surface area contributed by atoms with Crippen molar-refractivity contribution < 1.29 is 13.9 Å². The molecule has 9 rings (SSSR count). The molecule has 2 amide bonds. The number of hydrogen-bond acceptors (Lipinski definition) is 6. The third kappa shape index (κ3) is 5.49. The molecule has 2 unspecified atom stereocenters. The highest BCUT2D eigenvalue weighted by molar-refractivity contribution is 6.21. The number of ether oxygens (including phenoxy) is 1. The van der Waals surface area contributed by atoms with Crippen molar-refractivity contribution in [2.45, 2.75) is 31.0 Å². The van der Waals surface area contributed by atoms with Crippen molar-refractivity contribution in [1.29, 1.82) is 0 Å². The van der Waals surface area contributed by atoms with Gasteiger partial charge in [-0.3, -0.25) is 5.32 Å². The van der Waals surface area contributed by atoms with Crippen LogP contribution in [0.5, 0.6) is 0 Å². The molecule has 4 heterocycles. The molecule has 0 spiro atoms. The van der Waals surface area contributed by atoms with Crippen LogP contribution in [-0.4, -0.2) is 39.3 Å². The largest absolute Gasteiger partial charge is 0.470 e. The van der Waals surface area contributed by atoms with Crippen LogP contribution in [0, 0.1) is 0 Å². The lowest BCUT2D eigenvalue weighted by atomic mass is 9.77. The normalized spacial score (nSPS) is 18.3. The van der Waals surface area contributed by atoms with Gasteiger partial charge in [-0.05, 0) is 41.7 Å². The Labute approximate surface area is 307 Å². The first-order valence-electron chi connectivity index (χ1n) is 17.9. The number of carbonyl (C=O) groups is 1. The number of fused-ring (bicyclic) bond motifs is 1. The summed E-state index contributed by atoms with van der Waals surface area (Å²) < 4.78 is 13.3. The van der Waals surface area contributed by atoms with Gasteiger partial charge in [0.05, 0.1) is 24.1 Å². The Morgan fingerprint density at radius 2 is 1.40 bits per heavy atom. The number of anilines is 1. The Morgan fingerprint density at radius 1 is 0.755 bits per heavy atom. The van der Waals surface area contributed by atoms with Crippen molar-refractivity contribution in [3.8, 4) is 11.4 Å². The zero-order valence-corrected chi connectivity index (χ0v) is 29.0. The summed E-state index contributed by atoms with van der Waals surface area (Å²) in [5.41, 5.74) is 6.86. The second kappa shape index (κ2) is 13.6. The summed E-state index contributed by atoms with van der Waals surface area (Å²) in [4.78, 5) is 19.5. The van der Waals surface area contributed by atoms with E-state index < -0.39 is 11.8 Å². The quantitative estimate of drug-likeness (QED) is 0.126. The summed E-state index contributed by atoms with van der Waals surface area (Å²) in [6.45, 7) is 0.556. The van der Waals surface area contributed by atoms with Crippen LogP contribution in [0.15, 0.2) is 174 Å². The maximum absolute atomic E-state index is 14.6. The lowest BCUT2D eigenvalue weighted by Crippen LogP contribution is -2.59. The van der Waals surface area contributed by atoms with Crippen LogP contribution in [-0.2, 0) is 10.3 Å². The topological polar surface area (TPSA) is 94.5 Å². The van der Waals surface area contributed by atoms with E-state index in [1.54, 1.807) is 6.07 Å². The van der Waals surface area contributed by atoms with Crippen LogP contribution in [0.4, 0.5) is 16.2 Å². The molecule has 53 heavy (non-hydrogen) atoms. The minimum atomic E-state index is -0.808. The van der Waals surface area contributed by atoms with Crippen LogP contribution in [0.3, 0.4) is 0 Å². The molecule has 7 aromatic rings. The van der Waals surface area contributed by atoms with Gasteiger partial charge in [0, 0.05) is 29.7 Å². The number of furan rings is 1. The van der Waals surface area contributed by atoms with Gasteiger partial charge in [0.2, 0.25) is 6.23 Å². The average Bonchev–Trinajstić information content (AvgIpc) is 4.01. The van der Waals surface area contributed by atoms with Gasteiger partial charge in [0.25, 0.3) is 0 Å². The number of amides is 2. The zero-order valence-electron chi connectivity index (χ0n) is 29.0. The van der Waals surface area contributed by atoms with Crippen LogP contribution in [0.1, 0.15) is 47.1 Å². The van der Waals surface area contributed by atoms with Crippen molar-refractivity contribution in [3.05, 3.63) is 192 Å². The van der Waals surface area contributed by atoms with Crippen LogP contribution in [0.2, 0.25) is 0 Å². The highest BCUT2D eigenvalue weighted by Gasteiger charge is 2.55. The highest BCUT2D eigenvalue weighted by Crippen LogP contribution is 2.45. The van der Waals surface area contributed by atoms with Gasteiger partial charge in [-0.1, -0.05) is 131 Å². The first-order chi connectivity index (χ1) is 26.2. The molecule has 1 N–H and O–H groups in total. The monoisotopic (exact) mass is 697 g/mol. The molecule has 5 aromatic carbocycles. The molecule has 9 heteroatoms. The smallest absolute Gasteiger partial charge is 0.455 e. The van der Waals surface area contributed by atoms with Gasteiger partial charge in [0.15, 0.2) is 11.5 Å². The van der Waals surface area contributed by atoms with Crippen LogP contribution < -0.4 is 9.91 Å². The molecule has 2 aromatic heterocycles. The Kier molecular flexibility index (Phi) is 8.34. The van der Waals surface area contributed by atoms with E-state index in [1.165, 1.54) is 12.5 Å². The van der Waals surface area contributed by atoms with Gasteiger partial charge >= 0.3 is 6.03 Å². The number of quaternary nitrogens is 1. The zero-order chi connectivity index (χ0) is 35.7. The Hall–Kier alpha value is -6.42. The minimum absolute atomic E-state index is 0.320. The van der Waals surface area contributed by atoms with Crippen molar-refractivity contribution in [2.75, 3.05) is 11.9 Å². The predicted molar refractivity (Wildman–Crippen MR) is 205 cm³/mol. The van der Waals surface area contributed by atoms with E-state index in [2.05, 4.69) is 84.2 Å². The number of nitrogens with one attached hydrogen (secondary N) is 1. The number of aromatic nitrogens is 3. The third-order valence-corrected chi connectivity index (χ3v) is 10.2. The summed E-state index contributed by atoms with van der Waals surface area (Å²) in [7, 11) is 0. The Bertz CT molecular complexity index is 2280. The standard InChI is InChI=1S/C44H36N6O3/c51-43(46-37-26-28-52-30-37)50(40-23-13-14-27-53-40)39-25-24-33(29-38(39)41(48-50)32-15-5-1-6-16-32)42-45-31-49(47-42)44(34-17-7-2-8-18-34,35-19-9-3-10-20-35)36-21-11-4-12-22-36/h1-12,15-22,24-26,28-31,40H,13-14,23,27H2/p+1. The summed E-state index contributed by atoms with van der Waals surface area (Å²) >= 11 is 0. The van der Waals surface area contributed by atoms with Crippen LogP contribution >= 0.6 is 0 Å². The predicted octanol–water partition coefficient (Wildman–Crippen LogP) is 9.21. The molecular formula is C44H37N6O3+. The van der Waals surface area contributed by atoms with Gasteiger partial charge in [0.1, 0.15) is 23.8 Å². The average molecular weight is 698 g/mol. The van der Waals surface area contributed by atoms with E-state index >= 15 is 0 Å². The maximum Gasteiger partial charge on any atom is 0.455 e. The van der Waals surface area contributed by atoms with E-state index in [0.29, 0.717) is 30.3 Å². The second-order valence-corrected chi connectivity index (χ2v) is 13.3. The van der Waals surface area contributed by atoms with Crippen molar-refractivity contribution in [2.24, 2.45) is 5.10 Å².